The number of piperidine rings is 1. The first-order chi connectivity index (χ1) is 11.6. The predicted octanol–water partition coefficient (Wildman–Crippen LogP) is 3.17. The lowest BCUT2D eigenvalue weighted by atomic mass is 10.1. The van der Waals surface area contributed by atoms with Gasteiger partial charge >= 0.3 is 0 Å². The van der Waals surface area contributed by atoms with Gasteiger partial charge in [-0.25, -0.2) is 0 Å². The zero-order valence-corrected chi connectivity index (χ0v) is 15.0. The molecule has 134 valence electrons. The highest BCUT2D eigenvalue weighted by Gasteiger charge is 2.15. The van der Waals surface area contributed by atoms with Crippen LogP contribution in [-0.4, -0.2) is 56.7 Å². The summed E-state index contributed by atoms with van der Waals surface area (Å²) in [5.74, 6) is 1.14. The number of likely N-dealkylation sites (tertiary alicyclic amines) is 1. The molecule has 5 heteroatoms. The van der Waals surface area contributed by atoms with Crippen molar-refractivity contribution >= 4 is 5.78 Å². The summed E-state index contributed by atoms with van der Waals surface area (Å²) in [6, 6.07) is 5.31. The number of carbonyl (C=O) groups is 1. The second-order valence-corrected chi connectivity index (χ2v) is 6.41. The van der Waals surface area contributed by atoms with Crippen molar-refractivity contribution in [1.82, 2.24) is 4.90 Å². The summed E-state index contributed by atoms with van der Waals surface area (Å²) in [5, 5.41) is 0. The van der Waals surface area contributed by atoms with Crippen LogP contribution in [0.15, 0.2) is 18.2 Å². The summed E-state index contributed by atoms with van der Waals surface area (Å²) in [4.78, 5) is 14.8. The van der Waals surface area contributed by atoms with E-state index in [0.717, 1.165) is 19.6 Å². The van der Waals surface area contributed by atoms with Crippen LogP contribution in [0.1, 0.15) is 43.5 Å². The monoisotopic (exact) mass is 335 g/mol. The molecule has 1 aromatic rings. The average molecular weight is 335 g/mol. The van der Waals surface area contributed by atoms with E-state index in [1.807, 2.05) is 19.9 Å². The van der Waals surface area contributed by atoms with Crippen molar-refractivity contribution < 1.29 is 19.0 Å². The van der Waals surface area contributed by atoms with Gasteiger partial charge in [-0.15, -0.1) is 0 Å². The van der Waals surface area contributed by atoms with E-state index in [1.54, 1.807) is 19.2 Å². The van der Waals surface area contributed by atoms with E-state index in [-0.39, 0.29) is 18.5 Å². The van der Waals surface area contributed by atoms with Crippen LogP contribution in [0.25, 0.3) is 0 Å². The van der Waals surface area contributed by atoms with Crippen molar-refractivity contribution in [2.24, 2.45) is 0 Å². The molecule has 1 fully saturated rings. The predicted molar refractivity (Wildman–Crippen MR) is 94.2 cm³/mol. The number of hydrogen-bond donors (Lipinski definition) is 0. The van der Waals surface area contributed by atoms with Gasteiger partial charge in [0.05, 0.1) is 25.4 Å². The van der Waals surface area contributed by atoms with Crippen LogP contribution in [0, 0.1) is 0 Å². The maximum atomic E-state index is 12.4. The quantitative estimate of drug-likeness (QED) is 0.512. The van der Waals surface area contributed by atoms with E-state index in [2.05, 4.69) is 4.90 Å². The first-order valence-electron chi connectivity index (χ1n) is 8.78. The highest BCUT2D eigenvalue weighted by Crippen LogP contribution is 2.25. The Hall–Kier alpha value is -1.59. The molecule has 0 atom stereocenters. The molecule has 0 bridgehead atoms. The van der Waals surface area contributed by atoms with Crippen LogP contribution in [-0.2, 0) is 4.74 Å². The molecule has 1 aliphatic heterocycles. The van der Waals surface area contributed by atoms with Gasteiger partial charge in [-0.2, -0.15) is 0 Å². The van der Waals surface area contributed by atoms with Crippen molar-refractivity contribution in [2.45, 2.75) is 39.2 Å². The normalized spacial score (nSPS) is 15.5. The molecule has 0 amide bonds. The maximum Gasteiger partial charge on any atom is 0.192 e. The van der Waals surface area contributed by atoms with Crippen LogP contribution in [0.4, 0.5) is 0 Å². The van der Waals surface area contributed by atoms with Gasteiger partial charge in [0.25, 0.3) is 0 Å². The molecule has 1 aromatic carbocycles. The highest BCUT2D eigenvalue weighted by atomic mass is 16.5. The van der Waals surface area contributed by atoms with Crippen LogP contribution < -0.4 is 9.47 Å². The molecular weight excluding hydrogens is 306 g/mol. The van der Waals surface area contributed by atoms with Gasteiger partial charge in [0.1, 0.15) is 18.1 Å². The lowest BCUT2D eigenvalue weighted by Crippen LogP contribution is -2.33. The molecule has 0 unspecified atom stereocenters. The molecule has 1 heterocycles. The number of benzene rings is 1. The molecule has 1 saturated heterocycles. The summed E-state index contributed by atoms with van der Waals surface area (Å²) in [6.45, 7) is 7.72. The van der Waals surface area contributed by atoms with Crippen molar-refractivity contribution in [3.05, 3.63) is 23.8 Å². The third kappa shape index (κ3) is 5.80. The molecule has 0 saturated carbocycles. The fourth-order valence-electron chi connectivity index (χ4n) is 2.87. The summed E-state index contributed by atoms with van der Waals surface area (Å²) in [7, 11) is 1.56. The van der Waals surface area contributed by atoms with Gasteiger partial charge in [-0.05, 0) is 58.0 Å². The Balaban J connectivity index is 1.85. The van der Waals surface area contributed by atoms with Crippen molar-refractivity contribution in [2.75, 3.05) is 40.0 Å². The third-order valence-corrected chi connectivity index (χ3v) is 4.08. The Labute approximate surface area is 144 Å². The van der Waals surface area contributed by atoms with Crippen LogP contribution in [0.5, 0.6) is 11.5 Å². The van der Waals surface area contributed by atoms with Crippen molar-refractivity contribution in [3.8, 4) is 11.5 Å². The fourth-order valence-corrected chi connectivity index (χ4v) is 2.87. The fraction of sp³-hybridized carbons (Fsp3) is 0.632. The van der Waals surface area contributed by atoms with E-state index in [1.165, 1.54) is 19.3 Å². The smallest absolute Gasteiger partial charge is 0.192 e. The molecule has 5 nitrogen and oxygen atoms in total. The van der Waals surface area contributed by atoms with E-state index < -0.39 is 0 Å². The minimum Gasteiger partial charge on any atom is -0.496 e. The van der Waals surface area contributed by atoms with Gasteiger partial charge in [-0.1, -0.05) is 6.42 Å². The van der Waals surface area contributed by atoms with E-state index in [0.29, 0.717) is 23.7 Å². The number of nitrogens with zero attached hydrogens (tertiary/aromatic N) is 1. The maximum absolute atomic E-state index is 12.4. The van der Waals surface area contributed by atoms with Crippen LogP contribution in [0.3, 0.4) is 0 Å². The lowest BCUT2D eigenvalue weighted by molar-refractivity contribution is 0.0680. The number of hydrogen-bond acceptors (Lipinski definition) is 5. The number of ether oxygens (including phenoxy) is 3. The Morgan fingerprint density at radius 2 is 1.96 bits per heavy atom. The topological polar surface area (TPSA) is 48.0 Å². The van der Waals surface area contributed by atoms with Crippen molar-refractivity contribution in [1.29, 1.82) is 0 Å². The first-order valence-corrected chi connectivity index (χ1v) is 8.78. The standard InChI is InChI=1S/C19H29NO4/c1-15(2)24-16-7-8-19(22-3)17(13-16)18(21)14-23-12-11-20-9-5-4-6-10-20/h7-8,13,15H,4-6,9-12,14H2,1-3H3. The zero-order chi connectivity index (χ0) is 17.4. The Kier molecular flexibility index (Phi) is 7.53. The Bertz CT molecular complexity index is 524. The molecule has 0 N–H and O–H groups in total. The van der Waals surface area contributed by atoms with Gasteiger partial charge in [-0.3, -0.25) is 4.79 Å². The van der Waals surface area contributed by atoms with Gasteiger partial charge in [0.2, 0.25) is 0 Å². The SMILES string of the molecule is COc1ccc(OC(C)C)cc1C(=O)COCCN1CCCCC1. The van der Waals surface area contributed by atoms with E-state index >= 15 is 0 Å². The van der Waals surface area contributed by atoms with Gasteiger partial charge in [0, 0.05) is 6.54 Å². The highest BCUT2D eigenvalue weighted by molar-refractivity contribution is 6.00. The minimum absolute atomic E-state index is 0.0575. The summed E-state index contributed by atoms with van der Waals surface area (Å²) >= 11 is 0. The first kappa shape index (κ1) is 18.7. The van der Waals surface area contributed by atoms with Crippen LogP contribution >= 0.6 is 0 Å². The van der Waals surface area contributed by atoms with Gasteiger partial charge in [0.15, 0.2) is 5.78 Å². The zero-order valence-electron chi connectivity index (χ0n) is 15.0. The summed E-state index contributed by atoms with van der Waals surface area (Å²) < 4.78 is 16.5. The van der Waals surface area contributed by atoms with E-state index in [9.17, 15) is 4.79 Å². The third-order valence-electron chi connectivity index (χ3n) is 4.08. The summed E-state index contributed by atoms with van der Waals surface area (Å²) in [6.07, 6.45) is 3.91. The Morgan fingerprint density at radius 1 is 1.21 bits per heavy atom. The average Bonchev–Trinajstić information content (AvgIpc) is 2.59. The number of carbonyl (C=O) groups excluding carboxylic acids is 1. The second-order valence-electron chi connectivity index (χ2n) is 6.41. The molecule has 0 aromatic heterocycles. The molecule has 2 rings (SSSR count). The lowest BCUT2D eigenvalue weighted by Gasteiger charge is -2.26. The summed E-state index contributed by atoms with van der Waals surface area (Å²) in [5.41, 5.74) is 0.508. The second kappa shape index (κ2) is 9.64. The molecule has 0 spiro atoms. The number of ketones is 1. The molecule has 0 radical (unpaired) electrons. The largest absolute Gasteiger partial charge is 0.496 e. The molecule has 24 heavy (non-hydrogen) atoms. The van der Waals surface area contributed by atoms with Gasteiger partial charge < -0.3 is 19.1 Å². The number of Topliss-reactive ketones (excluding diaryl/α,β-unsaturated/α-hetero) is 1. The molecule has 1 aliphatic rings. The number of rotatable bonds is 9. The van der Waals surface area contributed by atoms with Crippen LogP contribution in [0.2, 0.25) is 0 Å². The minimum atomic E-state index is -0.0836. The molecular formula is C19H29NO4. The number of methoxy groups -OCH3 is 1. The van der Waals surface area contributed by atoms with Crippen molar-refractivity contribution in [3.63, 3.8) is 0 Å². The molecule has 0 aliphatic carbocycles. The Morgan fingerprint density at radius 3 is 2.62 bits per heavy atom. The van der Waals surface area contributed by atoms with E-state index in [4.69, 9.17) is 14.2 Å².